The third-order valence-electron chi connectivity index (χ3n) is 11.4. The van der Waals surface area contributed by atoms with Crippen molar-refractivity contribution in [3.63, 3.8) is 0 Å². The molecule has 0 bridgehead atoms. The number of hydrogen-bond acceptors (Lipinski definition) is 4. The molecule has 4 saturated carbocycles. The molecule has 0 saturated heterocycles. The molecule has 0 spiro atoms. The van der Waals surface area contributed by atoms with Crippen LogP contribution in [0.3, 0.4) is 0 Å². The largest absolute Gasteiger partial charge is 0.458 e. The van der Waals surface area contributed by atoms with Gasteiger partial charge in [-0.05, 0) is 111 Å². The van der Waals surface area contributed by atoms with Gasteiger partial charge >= 0.3 is 11.9 Å². The van der Waals surface area contributed by atoms with Gasteiger partial charge in [0.25, 0.3) is 0 Å². The minimum absolute atomic E-state index is 0.000512. The summed E-state index contributed by atoms with van der Waals surface area (Å²) >= 11 is 0. The molecule has 6 rings (SSSR count). The van der Waals surface area contributed by atoms with E-state index >= 15 is 0 Å². The first kappa shape index (κ1) is 25.6. The number of rotatable bonds is 4. The number of benzene rings is 2. The molecule has 4 aliphatic carbocycles. The molecule has 2 aromatic rings. The first-order chi connectivity index (χ1) is 18.3. The molecule has 202 valence electrons. The highest BCUT2D eigenvalue weighted by molar-refractivity contribution is 5.90. The standard InChI is InChI=1S/C34H42O4/c1-22-21-34(3)25(20-29(22)37-31(35)23-10-6-4-7-11-23)14-15-26-27-16-17-30(33(27,2)19-18-28(26)34)38-32(36)24-12-8-5-9-13-24/h4-13,22,25-30H,14-21H2,1-3H3/t22-,25?,26?,27?,28?,29-,30+,33+,34+/m1/s1. The Morgan fingerprint density at radius 2 is 1.34 bits per heavy atom. The van der Waals surface area contributed by atoms with Gasteiger partial charge in [-0.25, -0.2) is 9.59 Å². The van der Waals surface area contributed by atoms with E-state index in [-0.39, 0.29) is 35.0 Å². The summed E-state index contributed by atoms with van der Waals surface area (Å²) in [5.41, 5.74) is 1.66. The first-order valence-corrected chi connectivity index (χ1v) is 14.8. The number of fused-ring (bicyclic) bond motifs is 5. The lowest BCUT2D eigenvalue weighted by Gasteiger charge is -2.61. The van der Waals surface area contributed by atoms with Gasteiger partial charge in [0.15, 0.2) is 0 Å². The summed E-state index contributed by atoms with van der Waals surface area (Å²) in [6.07, 6.45) is 9.08. The van der Waals surface area contributed by atoms with Gasteiger partial charge in [0.1, 0.15) is 12.2 Å². The van der Waals surface area contributed by atoms with Crippen LogP contribution in [0.25, 0.3) is 0 Å². The highest BCUT2D eigenvalue weighted by Gasteiger charge is 2.62. The van der Waals surface area contributed by atoms with Crippen molar-refractivity contribution < 1.29 is 19.1 Å². The molecule has 38 heavy (non-hydrogen) atoms. The summed E-state index contributed by atoms with van der Waals surface area (Å²) in [6, 6.07) is 18.8. The number of esters is 2. The van der Waals surface area contributed by atoms with Crippen LogP contribution < -0.4 is 0 Å². The van der Waals surface area contributed by atoms with E-state index in [2.05, 4.69) is 20.8 Å². The second-order valence-corrected chi connectivity index (χ2v) is 13.3. The maximum Gasteiger partial charge on any atom is 0.338 e. The van der Waals surface area contributed by atoms with Crippen LogP contribution in [-0.2, 0) is 9.47 Å². The molecule has 2 aromatic carbocycles. The van der Waals surface area contributed by atoms with Crippen LogP contribution in [0.15, 0.2) is 60.7 Å². The molecular weight excluding hydrogens is 472 g/mol. The lowest BCUT2D eigenvalue weighted by Crippen LogP contribution is -2.56. The minimum atomic E-state index is -0.185. The predicted octanol–water partition coefficient (Wildman–Crippen LogP) is 7.73. The molecular formula is C34H42O4. The van der Waals surface area contributed by atoms with E-state index in [1.807, 2.05) is 60.7 Å². The Hall–Kier alpha value is -2.62. The van der Waals surface area contributed by atoms with E-state index in [0.29, 0.717) is 40.7 Å². The smallest absolute Gasteiger partial charge is 0.338 e. The minimum Gasteiger partial charge on any atom is -0.458 e. The molecule has 4 nitrogen and oxygen atoms in total. The van der Waals surface area contributed by atoms with Crippen molar-refractivity contribution in [1.29, 1.82) is 0 Å². The molecule has 0 heterocycles. The zero-order valence-electron chi connectivity index (χ0n) is 23.1. The normalized spacial score (nSPS) is 39.8. The summed E-state index contributed by atoms with van der Waals surface area (Å²) in [7, 11) is 0. The van der Waals surface area contributed by atoms with Crippen molar-refractivity contribution in [3.05, 3.63) is 71.8 Å². The Kier molecular flexibility index (Phi) is 6.64. The van der Waals surface area contributed by atoms with E-state index in [1.165, 1.54) is 19.3 Å². The van der Waals surface area contributed by atoms with Crippen LogP contribution in [0.5, 0.6) is 0 Å². The Labute approximate surface area is 227 Å². The number of carbonyl (C=O) groups is 2. The quantitative estimate of drug-likeness (QED) is 0.392. The monoisotopic (exact) mass is 514 g/mol. The Morgan fingerprint density at radius 3 is 2.00 bits per heavy atom. The van der Waals surface area contributed by atoms with Gasteiger partial charge < -0.3 is 9.47 Å². The lowest BCUT2D eigenvalue weighted by atomic mass is 9.44. The number of ether oxygens (including phenoxy) is 2. The first-order valence-electron chi connectivity index (χ1n) is 14.8. The van der Waals surface area contributed by atoms with E-state index in [4.69, 9.17) is 9.47 Å². The summed E-state index contributed by atoms with van der Waals surface area (Å²) < 4.78 is 12.3. The zero-order chi connectivity index (χ0) is 26.5. The topological polar surface area (TPSA) is 52.6 Å². The third-order valence-corrected chi connectivity index (χ3v) is 11.4. The highest BCUT2D eigenvalue weighted by Crippen LogP contribution is 2.67. The van der Waals surface area contributed by atoms with Crippen molar-refractivity contribution in [3.8, 4) is 0 Å². The molecule has 4 aliphatic rings. The van der Waals surface area contributed by atoms with Crippen molar-refractivity contribution in [2.45, 2.75) is 84.3 Å². The fraction of sp³-hybridized carbons (Fsp3) is 0.588. The van der Waals surface area contributed by atoms with Crippen LogP contribution in [-0.4, -0.2) is 24.1 Å². The summed E-state index contributed by atoms with van der Waals surface area (Å²) in [4.78, 5) is 25.7. The van der Waals surface area contributed by atoms with Crippen LogP contribution in [0.4, 0.5) is 0 Å². The van der Waals surface area contributed by atoms with E-state index in [1.54, 1.807) is 0 Å². The predicted molar refractivity (Wildman–Crippen MR) is 148 cm³/mol. The Bertz CT molecular complexity index is 1160. The van der Waals surface area contributed by atoms with Crippen molar-refractivity contribution in [2.24, 2.45) is 40.4 Å². The molecule has 0 aromatic heterocycles. The van der Waals surface area contributed by atoms with E-state index < -0.39 is 0 Å². The van der Waals surface area contributed by atoms with Crippen LogP contribution in [0.1, 0.15) is 92.9 Å². The summed E-state index contributed by atoms with van der Waals surface area (Å²) in [5, 5.41) is 0. The van der Waals surface area contributed by atoms with Gasteiger partial charge in [0.2, 0.25) is 0 Å². The molecule has 0 N–H and O–H groups in total. The Morgan fingerprint density at radius 1 is 0.737 bits per heavy atom. The average molecular weight is 515 g/mol. The number of carbonyl (C=O) groups excluding carboxylic acids is 2. The zero-order valence-corrected chi connectivity index (χ0v) is 23.1. The maximum absolute atomic E-state index is 12.9. The molecule has 4 unspecified atom stereocenters. The fourth-order valence-electron chi connectivity index (χ4n) is 9.44. The van der Waals surface area contributed by atoms with Crippen molar-refractivity contribution in [2.75, 3.05) is 0 Å². The van der Waals surface area contributed by atoms with Crippen LogP contribution >= 0.6 is 0 Å². The molecule has 9 atom stereocenters. The SMILES string of the molecule is C[C@@H]1C[C@@]2(C)C(CCC3C2CC[C@@]2(C)C3CC[C@@H]2OC(=O)c2ccccc2)C[C@H]1OC(=O)c1ccccc1. The molecule has 4 heteroatoms. The molecule has 0 aliphatic heterocycles. The fourth-order valence-corrected chi connectivity index (χ4v) is 9.44. The van der Waals surface area contributed by atoms with Gasteiger partial charge in [-0.15, -0.1) is 0 Å². The second kappa shape index (κ2) is 9.84. The van der Waals surface area contributed by atoms with E-state index in [0.717, 1.165) is 32.1 Å². The van der Waals surface area contributed by atoms with Crippen molar-refractivity contribution >= 4 is 11.9 Å². The Balaban J connectivity index is 1.14. The maximum atomic E-state index is 12.9. The second-order valence-electron chi connectivity index (χ2n) is 13.3. The van der Waals surface area contributed by atoms with Gasteiger partial charge in [-0.1, -0.05) is 57.2 Å². The van der Waals surface area contributed by atoms with Crippen LogP contribution in [0, 0.1) is 40.4 Å². The van der Waals surface area contributed by atoms with Crippen molar-refractivity contribution in [1.82, 2.24) is 0 Å². The highest BCUT2D eigenvalue weighted by atomic mass is 16.5. The third kappa shape index (κ3) is 4.28. The van der Waals surface area contributed by atoms with Gasteiger partial charge in [-0.2, -0.15) is 0 Å². The molecule has 0 amide bonds. The number of hydrogen-bond donors (Lipinski definition) is 0. The van der Waals surface area contributed by atoms with Crippen LogP contribution in [0.2, 0.25) is 0 Å². The summed E-state index contributed by atoms with van der Waals surface area (Å²) in [6.45, 7) is 7.24. The molecule has 4 fully saturated rings. The lowest BCUT2D eigenvalue weighted by molar-refractivity contribution is -0.147. The van der Waals surface area contributed by atoms with E-state index in [9.17, 15) is 9.59 Å². The van der Waals surface area contributed by atoms with Gasteiger partial charge in [-0.3, -0.25) is 0 Å². The van der Waals surface area contributed by atoms with Gasteiger partial charge in [0, 0.05) is 5.41 Å². The molecule has 0 radical (unpaired) electrons. The summed E-state index contributed by atoms with van der Waals surface area (Å²) in [5.74, 6) is 2.63. The van der Waals surface area contributed by atoms with Gasteiger partial charge in [0.05, 0.1) is 11.1 Å². The average Bonchev–Trinajstić information content (AvgIpc) is 3.26.